The minimum atomic E-state index is -0.388. The van der Waals surface area contributed by atoms with Gasteiger partial charge in [0.15, 0.2) is 0 Å². The average Bonchev–Trinajstić information content (AvgIpc) is 2.54. The largest absolute Gasteiger partial charge is 0.508 e. The van der Waals surface area contributed by atoms with Gasteiger partial charge in [0.05, 0.1) is 12.5 Å². The summed E-state index contributed by atoms with van der Waals surface area (Å²) in [7, 11) is 1.50. The fraction of sp³-hybridized carbons (Fsp3) is 0.211. The molecule has 2 N–H and O–H groups in total. The molecule has 0 aliphatic heterocycles. The number of methoxy groups -OCH3 is 1. The van der Waals surface area contributed by atoms with Crippen LogP contribution in [0.1, 0.15) is 19.4 Å². The number of benzene rings is 2. The molecule has 0 saturated carbocycles. The number of phenols is 2. The molecule has 0 spiro atoms. The highest BCUT2D eigenvalue weighted by Gasteiger charge is 2.19. The second-order valence-corrected chi connectivity index (χ2v) is 5.88. The fourth-order valence-corrected chi connectivity index (χ4v) is 2.69. The Kier molecular flexibility index (Phi) is 3.93. The number of ether oxygens (including phenoxy) is 1. The third kappa shape index (κ3) is 2.58. The van der Waals surface area contributed by atoms with Crippen molar-refractivity contribution in [2.24, 2.45) is 0 Å². The Morgan fingerprint density at radius 2 is 1.96 bits per heavy atom. The molecule has 0 bridgehead atoms. The molecule has 0 aliphatic rings. The molecule has 5 heteroatoms. The summed E-state index contributed by atoms with van der Waals surface area (Å²) < 4.78 is 11.1. The van der Waals surface area contributed by atoms with Crippen LogP contribution in [0.3, 0.4) is 0 Å². The molecule has 1 heterocycles. The van der Waals surface area contributed by atoms with Crippen molar-refractivity contribution in [3.63, 3.8) is 0 Å². The lowest BCUT2D eigenvalue weighted by Crippen LogP contribution is -2.04. The van der Waals surface area contributed by atoms with Gasteiger partial charge < -0.3 is 19.4 Å². The third-order valence-corrected chi connectivity index (χ3v) is 3.92. The number of rotatable bonds is 3. The molecule has 0 atom stereocenters. The fourth-order valence-electron chi connectivity index (χ4n) is 2.69. The van der Waals surface area contributed by atoms with Crippen molar-refractivity contribution < 1.29 is 19.4 Å². The first kappa shape index (κ1) is 15.9. The Morgan fingerprint density at radius 1 is 1.21 bits per heavy atom. The lowest BCUT2D eigenvalue weighted by molar-refractivity contribution is 0.402. The number of hydrogen-bond donors (Lipinski definition) is 2. The van der Waals surface area contributed by atoms with Crippen LogP contribution in [0.4, 0.5) is 0 Å². The summed E-state index contributed by atoms with van der Waals surface area (Å²) in [6.45, 7) is 3.91. The van der Waals surface area contributed by atoms with E-state index in [4.69, 9.17) is 9.15 Å². The molecule has 0 unspecified atom stereocenters. The van der Waals surface area contributed by atoms with Crippen molar-refractivity contribution in [3.8, 4) is 17.2 Å². The molecule has 2 aromatic carbocycles. The lowest BCUT2D eigenvalue weighted by atomic mass is 10.0. The maximum absolute atomic E-state index is 12.8. The molecule has 0 aliphatic carbocycles. The second kappa shape index (κ2) is 5.92. The van der Waals surface area contributed by atoms with Gasteiger partial charge in [0.2, 0.25) is 5.43 Å². The first-order valence-corrected chi connectivity index (χ1v) is 7.54. The van der Waals surface area contributed by atoms with Crippen LogP contribution in [-0.2, 0) is 6.42 Å². The van der Waals surface area contributed by atoms with Crippen LogP contribution >= 0.6 is 0 Å². The van der Waals surface area contributed by atoms with Crippen LogP contribution in [0.25, 0.3) is 21.9 Å². The Bertz CT molecular complexity index is 1020. The molecule has 3 aromatic rings. The number of hydrogen-bond acceptors (Lipinski definition) is 5. The topological polar surface area (TPSA) is 79.9 Å². The molecule has 0 saturated heterocycles. The molecule has 3 rings (SSSR count). The monoisotopic (exact) mass is 326 g/mol. The first-order valence-electron chi connectivity index (χ1n) is 7.54. The van der Waals surface area contributed by atoms with Crippen molar-refractivity contribution in [1.29, 1.82) is 0 Å². The highest BCUT2D eigenvalue weighted by molar-refractivity contribution is 5.95. The zero-order valence-electron chi connectivity index (χ0n) is 13.7. The molecule has 5 nitrogen and oxygen atoms in total. The van der Waals surface area contributed by atoms with Gasteiger partial charge in [0, 0.05) is 11.6 Å². The molecule has 0 fully saturated rings. The van der Waals surface area contributed by atoms with Gasteiger partial charge in [-0.3, -0.25) is 4.79 Å². The van der Waals surface area contributed by atoms with Crippen molar-refractivity contribution >= 4 is 21.9 Å². The smallest absolute Gasteiger partial charge is 0.204 e. The summed E-state index contributed by atoms with van der Waals surface area (Å²) in [5, 5.41) is 20.6. The van der Waals surface area contributed by atoms with Gasteiger partial charge in [0.1, 0.15) is 33.8 Å². The van der Waals surface area contributed by atoms with E-state index < -0.39 is 0 Å². The maximum atomic E-state index is 12.8. The van der Waals surface area contributed by atoms with E-state index >= 15 is 0 Å². The van der Waals surface area contributed by atoms with Gasteiger partial charge in [-0.05, 0) is 38.5 Å². The second-order valence-electron chi connectivity index (χ2n) is 5.88. The molecule has 24 heavy (non-hydrogen) atoms. The predicted molar refractivity (Wildman–Crippen MR) is 93.0 cm³/mol. The summed E-state index contributed by atoms with van der Waals surface area (Å²) in [6.07, 6.45) is 2.38. The molecular weight excluding hydrogens is 308 g/mol. The Hall–Kier alpha value is -2.95. The van der Waals surface area contributed by atoms with E-state index in [2.05, 4.69) is 0 Å². The summed E-state index contributed by atoms with van der Waals surface area (Å²) in [4.78, 5) is 12.8. The minimum absolute atomic E-state index is 0.0353. The van der Waals surface area contributed by atoms with E-state index in [1.165, 1.54) is 25.3 Å². The van der Waals surface area contributed by atoms with Crippen LogP contribution in [0.15, 0.2) is 45.1 Å². The van der Waals surface area contributed by atoms with E-state index in [1.54, 1.807) is 6.07 Å². The van der Waals surface area contributed by atoms with E-state index in [0.29, 0.717) is 23.3 Å². The van der Waals surface area contributed by atoms with Gasteiger partial charge >= 0.3 is 0 Å². The maximum Gasteiger partial charge on any atom is 0.204 e. The van der Waals surface area contributed by atoms with E-state index in [1.807, 2.05) is 19.9 Å². The standard InChI is InChI=1S/C19H18O5/c1-10(2)4-6-12-15(23-3)9-16-17(18(12)21)19(22)13-8-11(20)5-7-14(13)24-16/h4-5,7-9,20-21H,6H2,1-3H3. The number of fused-ring (bicyclic) bond motifs is 2. The van der Waals surface area contributed by atoms with Gasteiger partial charge in [-0.2, -0.15) is 0 Å². The molecule has 0 radical (unpaired) electrons. The highest BCUT2D eigenvalue weighted by atomic mass is 16.5. The van der Waals surface area contributed by atoms with Crippen molar-refractivity contribution in [2.45, 2.75) is 20.3 Å². The predicted octanol–water partition coefficient (Wildman–Crippen LogP) is 3.87. The Morgan fingerprint density at radius 3 is 2.62 bits per heavy atom. The Labute approximate surface area is 138 Å². The van der Waals surface area contributed by atoms with Crippen molar-refractivity contribution in [3.05, 3.63) is 51.7 Å². The molecule has 124 valence electrons. The van der Waals surface area contributed by atoms with Crippen LogP contribution in [-0.4, -0.2) is 17.3 Å². The zero-order chi connectivity index (χ0) is 17.4. The summed E-state index contributed by atoms with van der Waals surface area (Å²) in [5.74, 6) is 0.270. The molecule has 0 amide bonds. The SMILES string of the molecule is COc1cc2oc3ccc(O)cc3c(=O)c2c(O)c1CC=C(C)C. The van der Waals surface area contributed by atoms with Crippen molar-refractivity contribution in [1.82, 2.24) is 0 Å². The molecule has 1 aromatic heterocycles. The summed E-state index contributed by atoms with van der Waals surface area (Å²) >= 11 is 0. The lowest BCUT2D eigenvalue weighted by Gasteiger charge is -2.12. The average molecular weight is 326 g/mol. The van der Waals surface area contributed by atoms with E-state index in [9.17, 15) is 15.0 Å². The first-order chi connectivity index (χ1) is 11.4. The van der Waals surface area contributed by atoms with Gasteiger partial charge in [0.25, 0.3) is 0 Å². The van der Waals surface area contributed by atoms with Crippen LogP contribution in [0.5, 0.6) is 17.2 Å². The molecular formula is C19H18O5. The van der Waals surface area contributed by atoms with Crippen molar-refractivity contribution in [2.75, 3.05) is 7.11 Å². The normalized spacial score (nSPS) is 11.0. The van der Waals surface area contributed by atoms with E-state index in [-0.39, 0.29) is 33.3 Å². The van der Waals surface area contributed by atoms with Gasteiger partial charge in [-0.1, -0.05) is 11.6 Å². The van der Waals surface area contributed by atoms with Gasteiger partial charge in [-0.25, -0.2) is 0 Å². The van der Waals surface area contributed by atoms with Crippen LogP contribution in [0.2, 0.25) is 0 Å². The third-order valence-electron chi connectivity index (χ3n) is 3.92. The van der Waals surface area contributed by atoms with E-state index in [0.717, 1.165) is 5.57 Å². The zero-order valence-corrected chi connectivity index (χ0v) is 13.7. The summed E-state index contributed by atoms with van der Waals surface area (Å²) in [5.41, 5.74) is 1.81. The Balaban J connectivity index is 2.41. The quantitative estimate of drug-likeness (QED) is 0.564. The number of phenolic OH excluding ortho intramolecular Hbond substituents is 2. The summed E-state index contributed by atoms with van der Waals surface area (Å²) in [6, 6.07) is 5.90. The minimum Gasteiger partial charge on any atom is -0.508 e. The van der Waals surface area contributed by atoms with Crippen LogP contribution in [0, 0.1) is 0 Å². The number of aromatic hydroxyl groups is 2. The highest BCUT2D eigenvalue weighted by Crippen LogP contribution is 2.36. The van der Waals surface area contributed by atoms with Crippen LogP contribution < -0.4 is 10.2 Å². The number of allylic oxidation sites excluding steroid dienone is 2. The van der Waals surface area contributed by atoms with Gasteiger partial charge in [-0.15, -0.1) is 0 Å².